The molecule has 0 spiro atoms. The predicted molar refractivity (Wildman–Crippen MR) is 73.7 cm³/mol. The van der Waals surface area contributed by atoms with Gasteiger partial charge in [-0.15, -0.1) is 0 Å². The molecule has 6 heteroatoms. The second kappa shape index (κ2) is 5.88. The third-order valence-corrected chi connectivity index (χ3v) is 3.27. The van der Waals surface area contributed by atoms with Gasteiger partial charge in [0.2, 0.25) is 0 Å². The van der Waals surface area contributed by atoms with Crippen LogP contribution in [0.15, 0.2) is 22.1 Å². The van der Waals surface area contributed by atoms with Crippen LogP contribution >= 0.6 is 0 Å². The number of nitrogens with two attached hydrogens (primary N) is 1. The van der Waals surface area contributed by atoms with Crippen LogP contribution in [-0.2, 0) is 11.3 Å². The lowest BCUT2D eigenvalue weighted by molar-refractivity contribution is 0.0117. The molecule has 0 aliphatic heterocycles. The van der Waals surface area contributed by atoms with Crippen LogP contribution < -0.4 is 11.3 Å². The lowest BCUT2D eigenvalue weighted by Crippen LogP contribution is -2.33. The zero-order valence-corrected chi connectivity index (χ0v) is 11.8. The van der Waals surface area contributed by atoms with E-state index in [2.05, 4.69) is 5.16 Å². The average molecular weight is 267 g/mol. The zero-order chi connectivity index (χ0) is 14.6. The molecule has 0 fully saturated rings. The van der Waals surface area contributed by atoms with Crippen molar-refractivity contribution in [3.63, 3.8) is 0 Å². The number of oxime groups is 1. The van der Waals surface area contributed by atoms with E-state index in [4.69, 9.17) is 15.7 Å². The molecule has 0 bridgehead atoms. The number of ether oxygens (including phenoxy) is 1. The Labute approximate surface area is 112 Å². The van der Waals surface area contributed by atoms with E-state index in [9.17, 15) is 4.79 Å². The van der Waals surface area contributed by atoms with Gasteiger partial charge in [-0.05, 0) is 39.3 Å². The molecule has 0 aromatic carbocycles. The van der Waals surface area contributed by atoms with Crippen LogP contribution in [0.5, 0.6) is 0 Å². The van der Waals surface area contributed by atoms with Crippen LogP contribution in [-0.4, -0.2) is 28.3 Å². The van der Waals surface area contributed by atoms with Crippen molar-refractivity contribution in [1.29, 1.82) is 0 Å². The van der Waals surface area contributed by atoms with Crippen LogP contribution in [0.2, 0.25) is 0 Å². The summed E-state index contributed by atoms with van der Waals surface area (Å²) in [7, 11) is 1.64. The molecule has 3 N–H and O–H groups in total. The second-order valence-corrected chi connectivity index (χ2v) is 5.04. The topological polar surface area (TPSA) is 89.8 Å². The Morgan fingerprint density at radius 2 is 2.16 bits per heavy atom. The van der Waals surface area contributed by atoms with Gasteiger partial charge >= 0.3 is 0 Å². The van der Waals surface area contributed by atoms with Crippen LogP contribution in [0.4, 0.5) is 0 Å². The smallest absolute Gasteiger partial charge is 0.261 e. The summed E-state index contributed by atoms with van der Waals surface area (Å²) in [5, 5.41) is 11.5. The molecule has 0 atom stereocenters. The van der Waals surface area contributed by atoms with Crippen LogP contribution in [0.25, 0.3) is 0 Å². The molecular formula is C13H21N3O3. The summed E-state index contributed by atoms with van der Waals surface area (Å²) in [6.07, 6.45) is 0.684. The number of nitrogens with zero attached hydrogens (tertiary/aromatic N) is 2. The van der Waals surface area contributed by atoms with Crippen molar-refractivity contribution in [2.75, 3.05) is 7.11 Å². The first kappa shape index (κ1) is 15.2. The van der Waals surface area contributed by atoms with E-state index in [1.54, 1.807) is 23.8 Å². The lowest BCUT2D eigenvalue weighted by atomic mass is 10.1. The molecule has 1 aromatic rings. The van der Waals surface area contributed by atoms with Gasteiger partial charge in [-0.25, -0.2) is 0 Å². The highest BCUT2D eigenvalue weighted by molar-refractivity contribution is 5.96. The predicted octanol–water partition coefficient (Wildman–Crippen LogP) is 1.07. The maximum atomic E-state index is 12.2. The number of rotatable bonds is 5. The number of pyridine rings is 1. The summed E-state index contributed by atoms with van der Waals surface area (Å²) in [5.41, 5.74) is 5.94. The van der Waals surface area contributed by atoms with E-state index in [-0.39, 0.29) is 22.6 Å². The first-order chi connectivity index (χ1) is 8.82. The van der Waals surface area contributed by atoms with E-state index in [0.717, 1.165) is 5.69 Å². The zero-order valence-electron chi connectivity index (χ0n) is 11.8. The van der Waals surface area contributed by atoms with E-state index < -0.39 is 0 Å². The number of aryl methyl sites for hydroxylation is 1. The minimum absolute atomic E-state index is 0.176. The van der Waals surface area contributed by atoms with Crippen LogP contribution in [0.1, 0.15) is 31.5 Å². The Bertz CT molecular complexity index is 532. The maximum Gasteiger partial charge on any atom is 0.261 e. The minimum atomic E-state index is -0.307. The van der Waals surface area contributed by atoms with Crippen molar-refractivity contribution in [3.8, 4) is 0 Å². The highest BCUT2D eigenvalue weighted by atomic mass is 16.5. The van der Waals surface area contributed by atoms with Gasteiger partial charge in [-0.1, -0.05) is 5.16 Å². The van der Waals surface area contributed by atoms with Crippen molar-refractivity contribution >= 4 is 5.84 Å². The fourth-order valence-electron chi connectivity index (χ4n) is 1.68. The van der Waals surface area contributed by atoms with Crippen molar-refractivity contribution < 1.29 is 9.94 Å². The summed E-state index contributed by atoms with van der Waals surface area (Å²) >= 11 is 0. The van der Waals surface area contributed by atoms with Crippen LogP contribution in [0, 0.1) is 6.92 Å². The van der Waals surface area contributed by atoms with E-state index in [1.807, 2.05) is 20.8 Å². The number of amidine groups is 1. The molecule has 6 nitrogen and oxygen atoms in total. The highest BCUT2D eigenvalue weighted by Crippen LogP contribution is 2.14. The molecule has 0 saturated heterocycles. The molecule has 0 radical (unpaired) electrons. The van der Waals surface area contributed by atoms with E-state index in [1.165, 1.54) is 0 Å². The van der Waals surface area contributed by atoms with Gasteiger partial charge in [-0.3, -0.25) is 4.79 Å². The third kappa shape index (κ3) is 3.57. The van der Waals surface area contributed by atoms with Gasteiger partial charge in [0, 0.05) is 19.3 Å². The van der Waals surface area contributed by atoms with Gasteiger partial charge in [0.05, 0.1) is 11.2 Å². The van der Waals surface area contributed by atoms with Crippen molar-refractivity contribution in [2.45, 2.75) is 39.3 Å². The Hall–Kier alpha value is -1.82. The molecule has 19 heavy (non-hydrogen) atoms. The Balaban J connectivity index is 3.11. The largest absolute Gasteiger partial charge is 0.409 e. The Kier molecular flexibility index (Phi) is 4.72. The first-order valence-corrected chi connectivity index (χ1v) is 6.06. The summed E-state index contributed by atoms with van der Waals surface area (Å²) in [6.45, 7) is 6.27. The SMILES string of the molecule is COC(C)(C)CCn1c(C)ccc(/C(N)=N/O)c1=O. The number of aromatic nitrogens is 1. The van der Waals surface area contributed by atoms with Gasteiger partial charge in [-0.2, -0.15) is 0 Å². The third-order valence-electron chi connectivity index (χ3n) is 3.27. The summed E-state index contributed by atoms with van der Waals surface area (Å²) in [5.74, 6) is -0.176. The highest BCUT2D eigenvalue weighted by Gasteiger charge is 2.18. The molecule has 0 amide bonds. The molecule has 1 aromatic heterocycles. The second-order valence-electron chi connectivity index (χ2n) is 5.04. The summed E-state index contributed by atoms with van der Waals surface area (Å²) in [4.78, 5) is 12.2. The standard InChI is InChI=1S/C13H21N3O3/c1-9-5-6-10(11(14)15-18)12(17)16(9)8-7-13(2,3)19-4/h5-6,18H,7-8H2,1-4H3,(H2,14,15). The monoisotopic (exact) mass is 267 g/mol. The first-order valence-electron chi connectivity index (χ1n) is 6.06. The number of hydrogen-bond donors (Lipinski definition) is 2. The van der Waals surface area contributed by atoms with Crippen LogP contribution in [0.3, 0.4) is 0 Å². The summed E-state index contributed by atoms with van der Waals surface area (Å²) in [6, 6.07) is 3.33. The van der Waals surface area contributed by atoms with Gasteiger partial charge < -0.3 is 20.2 Å². The molecule has 1 rings (SSSR count). The lowest BCUT2D eigenvalue weighted by Gasteiger charge is -2.23. The van der Waals surface area contributed by atoms with Crippen molar-refractivity contribution in [2.24, 2.45) is 10.9 Å². The molecule has 1 heterocycles. The van der Waals surface area contributed by atoms with Gasteiger partial charge in [0.25, 0.3) is 5.56 Å². The molecule has 106 valence electrons. The average Bonchev–Trinajstić information content (AvgIpc) is 2.37. The van der Waals surface area contributed by atoms with Gasteiger partial charge in [0.15, 0.2) is 5.84 Å². The minimum Gasteiger partial charge on any atom is -0.409 e. The fraction of sp³-hybridized carbons (Fsp3) is 0.538. The van der Waals surface area contributed by atoms with Crippen molar-refractivity contribution in [3.05, 3.63) is 33.7 Å². The summed E-state index contributed by atoms with van der Waals surface area (Å²) < 4.78 is 6.94. The quantitative estimate of drug-likeness (QED) is 0.361. The fourth-order valence-corrected chi connectivity index (χ4v) is 1.68. The molecule has 0 unspecified atom stereocenters. The molecular weight excluding hydrogens is 246 g/mol. The number of hydrogen-bond acceptors (Lipinski definition) is 4. The maximum absolute atomic E-state index is 12.2. The Morgan fingerprint density at radius 3 is 2.68 bits per heavy atom. The molecule has 0 aliphatic rings. The number of methoxy groups -OCH3 is 1. The van der Waals surface area contributed by atoms with E-state index >= 15 is 0 Å². The van der Waals surface area contributed by atoms with Gasteiger partial charge in [0.1, 0.15) is 0 Å². The normalized spacial score (nSPS) is 12.7. The molecule has 0 saturated carbocycles. The van der Waals surface area contributed by atoms with E-state index in [0.29, 0.717) is 13.0 Å². The van der Waals surface area contributed by atoms with Crippen molar-refractivity contribution in [1.82, 2.24) is 4.57 Å². The Morgan fingerprint density at radius 1 is 1.53 bits per heavy atom. The molecule has 0 aliphatic carbocycles.